The molecule has 212 valence electrons. The van der Waals surface area contributed by atoms with Gasteiger partial charge in [-0.2, -0.15) is 0 Å². The normalized spacial score (nSPS) is 13.5. The van der Waals surface area contributed by atoms with Gasteiger partial charge in [0, 0.05) is 68.7 Å². The number of likely N-dealkylation sites (tertiary alicyclic amines) is 1. The Morgan fingerprint density at radius 2 is 1.70 bits per heavy atom. The third kappa shape index (κ3) is 7.62. The van der Waals surface area contributed by atoms with Crippen LogP contribution in [0.1, 0.15) is 35.2 Å². The molecular weight excluding hydrogens is 547 g/mol. The van der Waals surface area contributed by atoms with Crippen molar-refractivity contribution in [1.29, 1.82) is 0 Å². The number of rotatable bonds is 9. The number of fused-ring (bicyclic) bond motifs is 1. The van der Waals surface area contributed by atoms with Gasteiger partial charge in [-0.05, 0) is 73.4 Å². The van der Waals surface area contributed by atoms with Crippen molar-refractivity contribution in [2.24, 2.45) is 7.05 Å². The summed E-state index contributed by atoms with van der Waals surface area (Å²) in [4.78, 5) is 33.4. The van der Waals surface area contributed by atoms with Gasteiger partial charge in [0.1, 0.15) is 5.75 Å². The van der Waals surface area contributed by atoms with Crippen molar-refractivity contribution in [1.82, 2.24) is 19.4 Å². The Morgan fingerprint density at radius 3 is 2.42 bits per heavy atom. The highest BCUT2D eigenvalue weighted by atomic mass is 35.5. The van der Waals surface area contributed by atoms with Crippen LogP contribution in [0.4, 0.5) is 0 Å². The van der Waals surface area contributed by atoms with E-state index >= 15 is 0 Å². The highest BCUT2D eigenvalue weighted by Gasteiger charge is 2.27. The van der Waals surface area contributed by atoms with Crippen LogP contribution in [-0.4, -0.2) is 57.5 Å². The summed E-state index contributed by atoms with van der Waals surface area (Å²) in [5, 5.41) is 0.987. The summed E-state index contributed by atoms with van der Waals surface area (Å²) in [6, 6.07) is 23.4. The number of hydrogen-bond acceptors (Lipinski definition) is 5. The molecule has 0 saturated carbocycles. The summed E-state index contributed by atoms with van der Waals surface area (Å²) in [6.45, 7) is 3.89. The van der Waals surface area contributed by atoms with Crippen LogP contribution < -0.4 is 10.3 Å². The molecule has 5 rings (SSSR count). The molecule has 9 heteroatoms. The van der Waals surface area contributed by atoms with Crippen molar-refractivity contribution in [2.45, 2.75) is 31.8 Å². The Balaban J connectivity index is 0.00000220. The third-order valence-electron chi connectivity index (χ3n) is 7.38. The number of nitrogens with zero attached hydrogens (tertiary/aromatic N) is 4. The maximum absolute atomic E-state index is 12.9. The summed E-state index contributed by atoms with van der Waals surface area (Å²) >= 11 is 0. The average molecular weight is 584 g/mol. The van der Waals surface area contributed by atoms with Gasteiger partial charge in [0.05, 0.1) is 12.1 Å². The Morgan fingerprint density at radius 1 is 0.975 bits per heavy atom. The monoisotopic (exact) mass is 582 g/mol. The van der Waals surface area contributed by atoms with Gasteiger partial charge in [0.2, 0.25) is 0 Å². The fraction of sp³-hybridized carbons (Fsp3) is 0.323. The second kappa shape index (κ2) is 14.8. The van der Waals surface area contributed by atoms with Crippen LogP contribution in [0.3, 0.4) is 0 Å². The SMILES string of the molecule is Cl.Cl.Cn1c(=O)ccc2cc(OCCCN(Cc3ccncc3)C3CCN(C(=O)c4ccccc4)CC3)ccc21. The molecule has 0 spiro atoms. The second-order valence-corrected chi connectivity index (χ2v) is 9.87. The fourth-order valence-electron chi connectivity index (χ4n) is 5.22. The lowest BCUT2D eigenvalue weighted by Gasteiger charge is -2.38. The molecule has 4 aromatic rings. The van der Waals surface area contributed by atoms with Gasteiger partial charge >= 0.3 is 0 Å². The van der Waals surface area contributed by atoms with Crippen LogP contribution in [0.15, 0.2) is 90.0 Å². The van der Waals surface area contributed by atoms with Crippen LogP contribution in [-0.2, 0) is 13.6 Å². The van der Waals surface area contributed by atoms with Crippen LogP contribution in [0.2, 0.25) is 0 Å². The van der Waals surface area contributed by atoms with E-state index in [0.29, 0.717) is 12.6 Å². The standard InChI is InChI=1S/C31H34N4O3.2ClH/c1-33-29-10-9-28(22-26(29)8-11-30(33)36)38-21-5-18-35(23-24-12-16-32-17-13-24)27-14-19-34(20-15-27)31(37)25-6-3-2-4-7-25;;/h2-4,6-13,16-17,22,27H,5,14-15,18-21,23H2,1H3;2*1H. The lowest BCUT2D eigenvalue weighted by atomic mass is 10.0. The van der Waals surface area contributed by atoms with Gasteiger partial charge in [-0.15, -0.1) is 24.8 Å². The van der Waals surface area contributed by atoms with E-state index in [1.54, 1.807) is 17.7 Å². The van der Waals surface area contributed by atoms with Gasteiger partial charge in [-0.3, -0.25) is 19.5 Å². The molecule has 0 N–H and O–H groups in total. The minimum absolute atomic E-state index is 0. The van der Waals surface area contributed by atoms with Crippen LogP contribution >= 0.6 is 24.8 Å². The molecule has 1 fully saturated rings. The first kappa shape index (κ1) is 31.1. The molecule has 0 radical (unpaired) electrons. The summed E-state index contributed by atoms with van der Waals surface area (Å²) in [6.07, 6.45) is 6.47. The number of halogens is 2. The molecule has 1 aliphatic rings. The number of amides is 1. The molecule has 3 heterocycles. The Kier molecular flexibility index (Phi) is 11.6. The van der Waals surface area contributed by atoms with E-state index in [2.05, 4.69) is 22.0 Å². The topological polar surface area (TPSA) is 67.7 Å². The predicted molar refractivity (Wildman–Crippen MR) is 164 cm³/mol. The number of hydrogen-bond donors (Lipinski definition) is 0. The number of ether oxygens (including phenoxy) is 1. The molecule has 0 bridgehead atoms. The summed E-state index contributed by atoms with van der Waals surface area (Å²) in [5.74, 6) is 0.929. The van der Waals surface area contributed by atoms with Crippen LogP contribution in [0.25, 0.3) is 10.9 Å². The molecule has 0 aliphatic carbocycles. The smallest absolute Gasteiger partial charge is 0.253 e. The number of aryl methyl sites for hydroxylation is 1. The minimum Gasteiger partial charge on any atom is -0.494 e. The highest BCUT2D eigenvalue weighted by Crippen LogP contribution is 2.22. The lowest BCUT2D eigenvalue weighted by Crippen LogP contribution is -2.47. The van der Waals surface area contributed by atoms with E-state index in [0.717, 1.165) is 67.7 Å². The zero-order valence-electron chi connectivity index (χ0n) is 22.6. The lowest BCUT2D eigenvalue weighted by molar-refractivity contribution is 0.0599. The Bertz CT molecular complexity index is 1430. The van der Waals surface area contributed by atoms with Crippen molar-refractivity contribution in [3.8, 4) is 5.75 Å². The molecule has 40 heavy (non-hydrogen) atoms. The van der Waals surface area contributed by atoms with Gasteiger partial charge in [0.15, 0.2) is 0 Å². The van der Waals surface area contributed by atoms with Crippen LogP contribution in [0.5, 0.6) is 5.75 Å². The van der Waals surface area contributed by atoms with Crippen molar-refractivity contribution >= 4 is 41.6 Å². The van der Waals surface area contributed by atoms with Crippen molar-refractivity contribution in [3.05, 3.63) is 107 Å². The second-order valence-electron chi connectivity index (χ2n) is 9.87. The van der Waals surface area contributed by atoms with Gasteiger partial charge in [-0.1, -0.05) is 18.2 Å². The zero-order valence-corrected chi connectivity index (χ0v) is 24.3. The average Bonchev–Trinajstić information content (AvgIpc) is 2.97. The molecular formula is C31H36Cl2N4O3. The molecule has 0 atom stereocenters. The largest absolute Gasteiger partial charge is 0.494 e. The Labute approximate surface area is 247 Å². The molecule has 2 aromatic heterocycles. The summed E-state index contributed by atoms with van der Waals surface area (Å²) < 4.78 is 7.74. The molecule has 2 aromatic carbocycles. The van der Waals surface area contributed by atoms with E-state index in [4.69, 9.17) is 4.74 Å². The maximum Gasteiger partial charge on any atom is 0.253 e. The van der Waals surface area contributed by atoms with E-state index in [1.807, 2.05) is 71.9 Å². The van der Waals surface area contributed by atoms with Crippen LogP contribution in [0, 0.1) is 0 Å². The van der Waals surface area contributed by atoms with Gasteiger partial charge in [-0.25, -0.2) is 0 Å². The first-order valence-corrected chi connectivity index (χ1v) is 13.3. The first-order valence-electron chi connectivity index (χ1n) is 13.3. The van der Waals surface area contributed by atoms with Crippen molar-refractivity contribution in [3.63, 3.8) is 0 Å². The third-order valence-corrected chi connectivity index (χ3v) is 7.38. The molecule has 1 aliphatic heterocycles. The fourth-order valence-corrected chi connectivity index (χ4v) is 5.22. The summed E-state index contributed by atoms with van der Waals surface area (Å²) in [5.41, 5.74) is 2.87. The molecule has 1 amide bonds. The molecule has 0 unspecified atom stereocenters. The van der Waals surface area contributed by atoms with E-state index < -0.39 is 0 Å². The quantitative estimate of drug-likeness (QED) is 0.249. The molecule has 1 saturated heterocycles. The first-order chi connectivity index (χ1) is 18.6. The number of carbonyl (C=O) groups excluding carboxylic acids is 1. The van der Waals surface area contributed by atoms with E-state index in [-0.39, 0.29) is 36.3 Å². The predicted octanol–water partition coefficient (Wildman–Crippen LogP) is 5.35. The van der Waals surface area contributed by atoms with E-state index in [1.165, 1.54) is 5.56 Å². The summed E-state index contributed by atoms with van der Waals surface area (Å²) in [7, 11) is 1.78. The van der Waals surface area contributed by atoms with E-state index in [9.17, 15) is 9.59 Å². The minimum atomic E-state index is -0.0178. The number of aromatic nitrogens is 2. The van der Waals surface area contributed by atoms with Gasteiger partial charge in [0.25, 0.3) is 11.5 Å². The highest BCUT2D eigenvalue weighted by molar-refractivity contribution is 5.94. The van der Waals surface area contributed by atoms with Crippen molar-refractivity contribution in [2.75, 3.05) is 26.2 Å². The van der Waals surface area contributed by atoms with Crippen molar-refractivity contribution < 1.29 is 9.53 Å². The maximum atomic E-state index is 12.9. The molecule has 7 nitrogen and oxygen atoms in total. The number of benzene rings is 2. The Hall–Kier alpha value is -3.39. The number of carbonyl (C=O) groups is 1. The van der Waals surface area contributed by atoms with Gasteiger partial charge < -0.3 is 14.2 Å². The number of piperidine rings is 1. The zero-order chi connectivity index (χ0) is 26.3. The number of pyridine rings is 2.